The zero-order chi connectivity index (χ0) is 14.8. The summed E-state index contributed by atoms with van der Waals surface area (Å²) in [6.45, 7) is 4.75. The van der Waals surface area contributed by atoms with Crippen molar-refractivity contribution in [1.29, 1.82) is 0 Å². The van der Waals surface area contributed by atoms with Crippen molar-refractivity contribution in [3.05, 3.63) is 34.9 Å². The molecule has 1 aliphatic carbocycles. The van der Waals surface area contributed by atoms with E-state index in [2.05, 4.69) is 19.2 Å². The van der Waals surface area contributed by atoms with E-state index in [-0.39, 0.29) is 11.3 Å². The lowest BCUT2D eigenvalue weighted by Crippen LogP contribution is -2.53. The molecule has 1 fully saturated rings. The van der Waals surface area contributed by atoms with Crippen LogP contribution in [0.2, 0.25) is 5.02 Å². The van der Waals surface area contributed by atoms with Crippen molar-refractivity contribution >= 4 is 17.5 Å². The lowest BCUT2D eigenvalue weighted by Gasteiger charge is -2.29. The van der Waals surface area contributed by atoms with Crippen LogP contribution in [0, 0.1) is 0 Å². The van der Waals surface area contributed by atoms with E-state index >= 15 is 0 Å². The fourth-order valence-corrected chi connectivity index (χ4v) is 2.91. The number of benzene rings is 1. The van der Waals surface area contributed by atoms with Crippen molar-refractivity contribution < 1.29 is 4.79 Å². The van der Waals surface area contributed by atoms with Gasteiger partial charge < -0.3 is 11.1 Å². The molecule has 0 saturated heterocycles. The Bertz CT molecular complexity index is 493. The fourth-order valence-electron chi connectivity index (χ4n) is 2.72. The Morgan fingerprint density at radius 3 is 2.65 bits per heavy atom. The summed E-state index contributed by atoms with van der Waals surface area (Å²) in [5, 5.41) is 3.73. The van der Waals surface area contributed by atoms with Gasteiger partial charge in [0.15, 0.2) is 0 Å². The third-order valence-corrected chi connectivity index (χ3v) is 4.48. The predicted molar refractivity (Wildman–Crippen MR) is 82.9 cm³/mol. The van der Waals surface area contributed by atoms with Crippen LogP contribution in [0.4, 0.5) is 0 Å². The lowest BCUT2D eigenvalue weighted by molar-refractivity contribution is -0.126. The molecule has 0 bridgehead atoms. The Balaban J connectivity index is 2.00. The summed E-state index contributed by atoms with van der Waals surface area (Å²) in [4.78, 5) is 12.2. The maximum atomic E-state index is 12.2. The van der Waals surface area contributed by atoms with Crippen LogP contribution >= 0.6 is 11.6 Å². The summed E-state index contributed by atoms with van der Waals surface area (Å²) in [5.41, 5.74) is 6.44. The average Bonchev–Trinajstić information content (AvgIpc) is 2.84. The maximum Gasteiger partial charge on any atom is 0.240 e. The van der Waals surface area contributed by atoms with E-state index in [1.54, 1.807) is 0 Å². The van der Waals surface area contributed by atoms with Crippen molar-refractivity contribution in [3.8, 4) is 0 Å². The maximum absolute atomic E-state index is 12.2. The highest BCUT2D eigenvalue weighted by molar-refractivity contribution is 6.30. The van der Waals surface area contributed by atoms with Crippen LogP contribution in [-0.4, -0.2) is 18.0 Å². The van der Waals surface area contributed by atoms with Crippen molar-refractivity contribution in [2.45, 2.75) is 50.5 Å². The predicted octanol–water partition coefficient (Wildman–Crippen LogP) is 3.01. The van der Waals surface area contributed by atoms with E-state index in [1.807, 2.05) is 24.3 Å². The van der Waals surface area contributed by atoms with Gasteiger partial charge in [0.2, 0.25) is 5.91 Å². The molecule has 2 rings (SSSR count). The third-order valence-electron chi connectivity index (χ3n) is 4.24. The molecular weight excluding hydrogens is 272 g/mol. The van der Waals surface area contributed by atoms with Crippen LogP contribution in [0.15, 0.2) is 24.3 Å². The Morgan fingerprint density at radius 2 is 2.05 bits per heavy atom. The molecule has 1 saturated carbocycles. The van der Waals surface area contributed by atoms with Crippen molar-refractivity contribution in [3.63, 3.8) is 0 Å². The van der Waals surface area contributed by atoms with Gasteiger partial charge in [0.1, 0.15) is 0 Å². The molecule has 0 radical (unpaired) electrons. The van der Waals surface area contributed by atoms with Gasteiger partial charge in [0, 0.05) is 17.0 Å². The van der Waals surface area contributed by atoms with Gasteiger partial charge in [0.05, 0.1) is 5.54 Å². The van der Waals surface area contributed by atoms with Gasteiger partial charge in [-0.15, -0.1) is 0 Å². The normalized spacial score (nSPS) is 18.0. The van der Waals surface area contributed by atoms with Crippen molar-refractivity contribution in [1.82, 2.24) is 5.32 Å². The molecule has 110 valence electrons. The molecule has 4 heteroatoms. The van der Waals surface area contributed by atoms with Crippen molar-refractivity contribution in [2.75, 3.05) is 6.54 Å². The van der Waals surface area contributed by atoms with Crippen LogP contribution in [0.5, 0.6) is 0 Å². The number of nitrogens with two attached hydrogens (primary N) is 1. The van der Waals surface area contributed by atoms with Gasteiger partial charge in [0.25, 0.3) is 0 Å². The number of rotatable bonds is 4. The Morgan fingerprint density at radius 1 is 1.40 bits per heavy atom. The first kappa shape index (κ1) is 15.3. The standard InChI is InChI=1S/C16H23ClN2O/c1-15(2,12-6-5-7-13(17)10-12)11-19-14(20)16(18)8-3-4-9-16/h5-7,10H,3-4,8-9,11,18H2,1-2H3,(H,19,20). The van der Waals surface area contributed by atoms with E-state index in [1.165, 1.54) is 0 Å². The van der Waals surface area contributed by atoms with Gasteiger partial charge >= 0.3 is 0 Å². The highest BCUT2D eigenvalue weighted by Gasteiger charge is 2.37. The summed E-state index contributed by atoms with van der Waals surface area (Å²) in [6.07, 6.45) is 3.66. The van der Waals surface area contributed by atoms with Gasteiger partial charge in [-0.1, -0.05) is 50.4 Å². The van der Waals surface area contributed by atoms with Gasteiger partial charge in [-0.05, 0) is 30.5 Å². The monoisotopic (exact) mass is 294 g/mol. The molecular formula is C16H23ClN2O. The molecule has 1 aromatic carbocycles. The summed E-state index contributed by atoms with van der Waals surface area (Å²) in [6, 6.07) is 7.77. The fraction of sp³-hybridized carbons (Fsp3) is 0.562. The first-order valence-corrected chi connectivity index (χ1v) is 7.55. The number of nitrogens with one attached hydrogen (secondary N) is 1. The van der Waals surface area contributed by atoms with E-state index in [4.69, 9.17) is 17.3 Å². The Hall–Kier alpha value is -1.06. The van der Waals surface area contributed by atoms with Gasteiger partial charge in [-0.3, -0.25) is 4.79 Å². The first-order chi connectivity index (χ1) is 9.33. The minimum absolute atomic E-state index is 0.0231. The summed E-state index contributed by atoms with van der Waals surface area (Å²) in [5.74, 6) is -0.0231. The van der Waals surface area contributed by atoms with E-state index in [9.17, 15) is 4.79 Å². The molecule has 0 spiro atoms. The molecule has 1 amide bonds. The van der Waals surface area contributed by atoms with Crippen molar-refractivity contribution in [2.24, 2.45) is 5.73 Å². The topological polar surface area (TPSA) is 55.1 Å². The average molecular weight is 295 g/mol. The smallest absolute Gasteiger partial charge is 0.240 e. The number of carbonyl (C=O) groups is 1. The van der Waals surface area contributed by atoms with E-state index in [0.29, 0.717) is 11.6 Å². The quantitative estimate of drug-likeness (QED) is 0.897. The van der Waals surface area contributed by atoms with Crippen LogP contribution in [0.1, 0.15) is 45.1 Å². The molecule has 1 aliphatic rings. The zero-order valence-corrected chi connectivity index (χ0v) is 13.0. The summed E-state index contributed by atoms with van der Waals surface area (Å²) in [7, 11) is 0. The molecule has 3 nitrogen and oxygen atoms in total. The molecule has 20 heavy (non-hydrogen) atoms. The SMILES string of the molecule is CC(C)(CNC(=O)C1(N)CCCC1)c1cccc(Cl)c1. The number of halogens is 1. The van der Waals surface area contributed by atoms with Gasteiger partial charge in [-0.25, -0.2) is 0 Å². The van der Waals surface area contributed by atoms with E-state index in [0.717, 1.165) is 31.2 Å². The van der Waals surface area contributed by atoms with Gasteiger partial charge in [-0.2, -0.15) is 0 Å². The number of hydrogen-bond acceptors (Lipinski definition) is 2. The molecule has 0 heterocycles. The van der Waals surface area contributed by atoms with Crippen LogP contribution in [0.25, 0.3) is 0 Å². The number of carbonyl (C=O) groups excluding carboxylic acids is 1. The second kappa shape index (κ2) is 5.74. The molecule has 0 aliphatic heterocycles. The second-order valence-electron chi connectivity index (χ2n) is 6.44. The van der Waals surface area contributed by atoms with Crippen LogP contribution in [-0.2, 0) is 10.2 Å². The Labute approximate surface area is 125 Å². The molecule has 0 unspecified atom stereocenters. The summed E-state index contributed by atoms with van der Waals surface area (Å²) < 4.78 is 0. The molecule has 3 N–H and O–H groups in total. The first-order valence-electron chi connectivity index (χ1n) is 7.17. The molecule has 0 atom stereocenters. The minimum Gasteiger partial charge on any atom is -0.354 e. The van der Waals surface area contributed by atoms with E-state index < -0.39 is 5.54 Å². The lowest BCUT2D eigenvalue weighted by atomic mass is 9.84. The molecule has 1 aromatic rings. The highest BCUT2D eigenvalue weighted by Crippen LogP contribution is 2.28. The molecule has 0 aromatic heterocycles. The largest absolute Gasteiger partial charge is 0.354 e. The number of amides is 1. The van der Waals surface area contributed by atoms with Crippen LogP contribution < -0.4 is 11.1 Å². The number of hydrogen-bond donors (Lipinski definition) is 2. The summed E-state index contributed by atoms with van der Waals surface area (Å²) >= 11 is 6.03. The Kier molecular flexibility index (Phi) is 4.40. The minimum atomic E-state index is -0.662. The second-order valence-corrected chi connectivity index (χ2v) is 6.88. The van der Waals surface area contributed by atoms with Crippen LogP contribution in [0.3, 0.4) is 0 Å². The zero-order valence-electron chi connectivity index (χ0n) is 12.2. The third kappa shape index (κ3) is 3.33. The highest BCUT2D eigenvalue weighted by atomic mass is 35.5.